The highest BCUT2D eigenvalue weighted by atomic mass is 35.5. The molecule has 0 bridgehead atoms. The van der Waals surface area contributed by atoms with Crippen LogP contribution in [0.1, 0.15) is 38.8 Å². The number of rotatable bonds is 10. The number of fused-ring (bicyclic) bond motifs is 1. The molecule has 6 N–H and O–H groups in total. The van der Waals surface area contributed by atoms with E-state index in [0.29, 0.717) is 11.2 Å². The van der Waals surface area contributed by atoms with Gasteiger partial charge in [0, 0.05) is 6.04 Å². The first-order valence-electron chi connectivity index (χ1n) is 11.5. The van der Waals surface area contributed by atoms with Crippen molar-refractivity contribution < 1.29 is 42.5 Å². The molecule has 1 saturated carbocycles. The van der Waals surface area contributed by atoms with Gasteiger partial charge in [-0.1, -0.05) is 12.8 Å². The summed E-state index contributed by atoms with van der Waals surface area (Å²) in [5.74, 6) is 0.483. The lowest BCUT2D eigenvalue weighted by Crippen LogP contribution is -2.45. The summed E-state index contributed by atoms with van der Waals surface area (Å²) >= 11 is 6.14. The summed E-state index contributed by atoms with van der Waals surface area (Å²) in [5.41, 5.74) is 0.246. The predicted molar refractivity (Wildman–Crippen MR) is 131 cm³/mol. The Kier molecular flexibility index (Phi) is 8.18. The van der Waals surface area contributed by atoms with Crippen molar-refractivity contribution in [3.05, 3.63) is 11.5 Å². The molecular formula is C19H30ClN6O9PS. The van der Waals surface area contributed by atoms with Crippen molar-refractivity contribution in [1.82, 2.24) is 24.5 Å². The number of aliphatic hydroxyl groups is 2. The van der Waals surface area contributed by atoms with Gasteiger partial charge in [0.15, 0.2) is 17.2 Å². The monoisotopic (exact) mass is 584 g/mol. The van der Waals surface area contributed by atoms with Crippen LogP contribution in [0.25, 0.3) is 11.0 Å². The fourth-order valence-electron chi connectivity index (χ4n) is 4.29. The Balaban J connectivity index is 1.53. The summed E-state index contributed by atoms with van der Waals surface area (Å²) in [5, 5.41) is 27.1. The van der Waals surface area contributed by atoms with E-state index in [1.807, 2.05) is 4.72 Å². The molecule has 2 fully saturated rings. The lowest BCUT2D eigenvalue weighted by molar-refractivity contribution is -0.0930. The second kappa shape index (κ2) is 10.6. The van der Waals surface area contributed by atoms with Crippen LogP contribution in [0.4, 0.5) is 5.82 Å². The largest absolute Gasteiger partial charge is 0.387 e. The van der Waals surface area contributed by atoms with Gasteiger partial charge < -0.3 is 34.8 Å². The van der Waals surface area contributed by atoms with Crippen molar-refractivity contribution in [1.29, 1.82) is 0 Å². The van der Waals surface area contributed by atoms with Crippen LogP contribution < -0.4 is 10.0 Å². The van der Waals surface area contributed by atoms with Crippen LogP contribution in [0.15, 0.2) is 6.20 Å². The van der Waals surface area contributed by atoms with Crippen LogP contribution in [-0.2, 0) is 24.1 Å². The molecule has 1 unspecified atom stereocenters. The molecule has 0 radical (unpaired) electrons. The van der Waals surface area contributed by atoms with Crippen LogP contribution in [0, 0.1) is 0 Å². The van der Waals surface area contributed by atoms with Gasteiger partial charge in [0.25, 0.3) is 0 Å². The van der Waals surface area contributed by atoms with Gasteiger partial charge in [-0.05, 0) is 31.4 Å². The van der Waals surface area contributed by atoms with Crippen LogP contribution in [0.3, 0.4) is 0 Å². The maximum atomic E-state index is 12.0. The Labute approximate surface area is 217 Å². The third kappa shape index (κ3) is 6.24. The molecule has 2 aromatic rings. The summed E-state index contributed by atoms with van der Waals surface area (Å²) < 4.78 is 49.3. The fourth-order valence-corrected chi connectivity index (χ4v) is 5.63. The molecule has 2 aromatic heterocycles. The summed E-state index contributed by atoms with van der Waals surface area (Å²) in [7, 11) is -8.77. The average Bonchev–Trinajstić information content (AvgIpc) is 3.51. The number of halogens is 1. The molecule has 37 heavy (non-hydrogen) atoms. The smallest absolute Gasteiger partial charge is 0.358 e. The molecule has 1 aliphatic carbocycles. The normalized spacial score (nSPS) is 27.1. The molecule has 208 valence electrons. The van der Waals surface area contributed by atoms with Gasteiger partial charge in [-0.2, -0.15) is 15.1 Å². The molecule has 1 aliphatic heterocycles. The predicted octanol–water partition coefficient (Wildman–Crippen LogP) is -0.0869. The molecule has 0 spiro atoms. The number of sulfonamides is 1. The second-order valence-corrected chi connectivity index (χ2v) is 13.7. The van der Waals surface area contributed by atoms with E-state index in [1.54, 1.807) is 0 Å². The molecule has 15 nitrogen and oxygen atoms in total. The topological polar surface area (TPSA) is 218 Å². The summed E-state index contributed by atoms with van der Waals surface area (Å²) in [6.45, 7) is -0.286. The van der Waals surface area contributed by atoms with Crippen LogP contribution in [-0.4, -0.2) is 97.3 Å². The zero-order chi connectivity index (χ0) is 27.2. The molecule has 1 saturated heterocycles. The SMILES string of the molecule is CC(CNS(C)(=O)=O)(OC[C@H]1O[C@@H](n2ncc3c(NC4CCCC4)nc(Cl)nc32)[C@H](O)[C@@H]1O)P(=O)(O)O. The quantitative estimate of drug-likeness (QED) is 0.159. The van der Waals surface area contributed by atoms with Crippen molar-refractivity contribution in [3.63, 3.8) is 0 Å². The van der Waals surface area contributed by atoms with Gasteiger partial charge in [-0.15, -0.1) is 0 Å². The Morgan fingerprint density at radius 3 is 2.57 bits per heavy atom. The standard InChI is InChI=1S/C19H30ClN6O9PS/c1-19(36(29,30)31,9-22-37(2,32)33)34-8-12-13(27)14(28)17(35-12)26-16-11(7-21-26)15(24-18(20)25-16)23-10-5-3-4-6-10/h7,10,12-14,17,22,27-28H,3-6,8-9H2,1-2H3,(H,23,24,25)(H2,29,30,31)/t12-,13-,14-,17-,19?/m1/s1. The zero-order valence-corrected chi connectivity index (χ0v) is 22.5. The summed E-state index contributed by atoms with van der Waals surface area (Å²) in [4.78, 5) is 28.0. The van der Waals surface area contributed by atoms with Gasteiger partial charge in [-0.3, -0.25) is 4.57 Å². The first kappa shape index (κ1) is 28.5. The van der Waals surface area contributed by atoms with E-state index in [9.17, 15) is 33.0 Å². The van der Waals surface area contributed by atoms with Gasteiger partial charge in [-0.25, -0.2) is 17.8 Å². The first-order valence-corrected chi connectivity index (χ1v) is 15.4. The highest BCUT2D eigenvalue weighted by molar-refractivity contribution is 7.88. The van der Waals surface area contributed by atoms with Crippen molar-refractivity contribution in [2.24, 2.45) is 0 Å². The minimum Gasteiger partial charge on any atom is -0.387 e. The van der Waals surface area contributed by atoms with Gasteiger partial charge in [0.05, 0.1) is 31.0 Å². The molecule has 5 atom stereocenters. The minimum atomic E-state index is -4.99. The van der Waals surface area contributed by atoms with E-state index in [1.165, 1.54) is 10.9 Å². The van der Waals surface area contributed by atoms with E-state index in [2.05, 4.69) is 20.4 Å². The number of nitrogens with one attached hydrogen (secondary N) is 2. The van der Waals surface area contributed by atoms with Crippen molar-refractivity contribution in [2.45, 2.75) is 68.5 Å². The number of ether oxygens (including phenoxy) is 2. The average molecular weight is 585 g/mol. The Morgan fingerprint density at radius 1 is 1.27 bits per heavy atom. The molecule has 3 heterocycles. The molecular weight excluding hydrogens is 555 g/mol. The van der Waals surface area contributed by atoms with Gasteiger partial charge >= 0.3 is 7.60 Å². The summed E-state index contributed by atoms with van der Waals surface area (Å²) in [6, 6.07) is 0.231. The summed E-state index contributed by atoms with van der Waals surface area (Å²) in [6.07, 6.45) is 0.994. The second-order valence-electron chi connectivity index (χ2n) is 9.46. The maximum Gasteiger partial charge on any atom is 0.358 e. The molecule has 2 aliphatic rings. The number of anilines is 1. The van der Waals surface area contributed by atoms with E-state index in [0.717, 1.165) is 38.9 Å². The fraction of sp³-hybridized carbons (Fsp3) is 0.737. The van der Waals surface area contributed by atoms with Gasteiger partial charge in [0.2, 0.25) is 15.3 Å². The van der Waals surface area contributed by atoms with Crippen LogP contribution in [0.2, 0.25) is 5.28 Å². The van der Waals surface area contributed by atoms with Crippen LogP contribution in [0.5, 0.6) is 0 Å². The molecule has 0 aromatic carbocycles. The number of aliphatic hydroxyl groups excluding tert-OH is 2. The minimum absolute atomic E-state index is 0.0570. The van der Waals surface area contributed by atoms with Crippen molar-refractivity contribution in [3.8, 4) is 0 Å². The third-order valence-corrected chi connectivity index (χ3v) is 8.90. The third-order valence-electron chi connectivity index (χ3n) is 6.54. The van der Waals surface area contributed by atoms with E-state index < -0.39 is 60.7 Å². The van der Waals surface area contributed by atoms with E-state index in [4.69, 9.17) is 21.1 Å². The Morgan fingerprint density at radius 2 is 1.95 bits per heavy atom. The van der Waals surface area contributed by atoms with Crippen LogP contribution >= 0.6 is 19.2 Å². The molecule has 0 amide bonds. The van der Waals surface area contributed by atoms with Crippen molar-refractivity contribution >= 4 is 46.1 Å². The molecule has 18 heteroatoms. The van der Waals surface area contributed by atoms with Gasteiger partial charge in [0.1, 0.15) is 24.1 Å². The lowest BCUT2D eigenvalue weighted by Gasteiger charge is -2.31. The number of hydrogen-bond donors (Lipinski definition) is 6. The van der Waals surface area contributed by atoms with Crippen molar-refractivity contribution in [2.75, 3.05) is 24.7 Å². The maximum absolute atomic E-state index is 12.0. The highest BCUT2D eigenvalue weighted by Crippen LogP contribution is 2.51. The number of nitrogens with zero attached hydrogens (tertiary/aromatic N) is 4. The van der Waals surface area contributed by atoms with E-state index >= 15 is 0 Å². The zero-order valence-electron chi connectivity index (χ0n) is 20.1. The number of aromatic nitrogens is 4. The molecule has 4 rings (SSSR count). The van der Waals surface area contributed by atoms with E-state index in [-0.39, 0.29) is 17.0 Å². The lowest BCUT2D eigenvalue weighted by atomic mass is 10.1. The Hall–Kier alpha value is -1.46. The number of hydrogen-bond acceptors (Lipinski definition) is 11. The Bertz CT molecular complexity index is 1290. The first-order chi connectivity index (χ1) is 17.2. The highest BCUT2D eigenvalue weighted by Gasteiger charge is 2.49.